The van der Waals surface area contributed by atoms with Crippen LogP contribution in [-0.4, -0.2) is 34.8 Å². The lowest BCUT2D eigenvalue weighted by Gasteiger charge is -2.40. The van der Waals surface area contributed by atoms with E-state index in [0.717, 1.165) is 50.4 Å². The molecule has 3 heterocycles. The van der Waals surface area contributed by atoms with Crippen molar-refractivity contribution in [1.29, 1.82) is 0 Å². The van der Waals surface area contributed by atoms with Crippen LogP contribution in [0.4, 0.5) is 5.82 Å². The Bertz CT molecular complexity index is 943. The molecule has 1 aliphatic carbocycles. The van der Waals surface area contributed by atoms with Gasteiger partial charge in [0.15, 0.2) is 5.82 Å². The van der Waals surface area contributed by atoms with Gasteiger partial charge in [0.1, 0.15) is 0 Å². The number of nitrogens with one attached hydrogen (secondary N) is 1. The zero-order valence-electron chi connectivity index (χ0n) is 15.6. The van der Waals surface area contributed by atoms with Crippen LogP contribution in [0.25, 0.3) is 10.9 Å². The average molecular weight is 359 g/mol. The smallest absolute Gasteiger partial charge is 0.151 e. The van der Waals surface area contributed by atoms with E-state index in [9.17, 15) is 0 Å². The number of nitrogens with zero attached hydrogens (tertiary/aromatic N) is 4. The Morgan fingerprint density at radius 1 is 1.04 bits per heavy atom. The zero-order chi connectivity index (χ0) is 18.1. The van der Waals surface area contributed by atoms with Gasteiger partial charge in [-0.15, -0.1) is 5.10 Å². The van der Waals surface area contributed by atoms with Crippen molar-refractivity contribution in [3.8, 4) is 0 Å². The van der Waals surface area contributed by atoms with E-state index in [0.29, 0.717) is 5.92 Å². The molecule has 1 aromatic carbocycles. The maximum Gasteiger partial charge on any atom is 0.151 e. The molecule has 0 bridgehead atoms. The minimum Gasteiger partial charge on any atom is -0.354 e. The highest BCUT2D eigenvalue weighted by Crippen LogP contribution is 2.26. The molecule has 0 spiro atoms. The molecule has 2 aliphatic rings. The highest BCUT2D eigenvalue weighted by molar-refractivity contribution is 5.81. The van der Waals surface area contributed by atoms with Crippen LogP contribution in [0.15, 0.2) is 42.6 Å². The molecule has 2 aromatic heterocycles. The number of aryl methyl sites for hydroxylation is 2. The molecule has 5 rings (SSSR count). The number of hydrogen-bond donors (Lipinski definition) is 1. The zero-order valence-corrected chi connectivity index (χ0v) is 15.6. The van der Waals surface area contributed by atoms with Crippen molar-refractivity contribution in [1.82, 2.24) is 20.5 Å². The standard InChI is InChI=1S/C22H25N5/c1-3-7-20-17(5-1)11-22(26-25-20)27-14-16(15-27)12-23-13-18-9-10-24-21-8-4-2-6-19(18)21/h2,4,6,8-11,16,23H,1,3,5,7,12-15H2. The number of pyridine rings is 1. The number of anilines is 1. The van der Waals surface area contributed by atoms with Gasteiger partial charge in [-0.3, -0.25) is 4.98 Å². The Morgan fingerprint density at radius 2 is 1.93 bits per heavy atom. The molecule has 0 saturated carbocycles. The fourth-order valence-corrected chi connectivity index (χ4v) is 4.24. The van der Waals surface area contributed by atoms with Crippen LogP contribution in [0.2, 0.25) is 0 Å². The van der Waals surface area contributed by atoms with Crippen molar-refractivity contribution in [2.75, 3.05) is 24.5 Å². The summed E-state index contributed by atoms with van der Waals surface area (Å²) < 4.78 is 0. The predicted molar refractivity (Wildman–Crippen MR) is 108 cm³/mol. The van der Waals surface area contributed by atoms with Crippen molar-refractivity contribution in [3.63, 3.8) is 0 Å². The van der Waals surface area contributed by atoms with Crippen LogP contribution in [0, 0.1) is 5.92 Å². The van der Waals surface area contributed by atoms with Gasteiger partial charge < -0.3 is 10.2 Å². The van der Waals surface area contributed by atoms with Gasteiger partial charge in [-0.1, -0.05) is 18.2 Å². The van der Waals surface area contributed by atoms with E-state index in [4.69, 9.17) is 0 Å². The third kappa shape index (κ3) is 3.39. The lowest BCUT2D eigenvalue weighted by molar-refractivity contribution is 0.381. The largest absolute Gasteiger partial charge is 0.354 e. The molecular formula is C22H25N5. The highest BCUT2D eigenvalue weighted by Gasteiger charge is 2.28. The van der Waals surface area contributed by atoms with Gasteiger partial charge in [0.25, 0.3) is 0 Å². The third-order valence-electron chi connectivity index (χ3n) is 5.83. The van der Waals surface area contributed by atoms with Gasteiger partial charge in [-0.2, -0.15) is 5.10 Å². The highest BCUT2D eigenvalue weighted by atomic mass is 15.3. The number of para-hydroxylation sites is 1. The second kappa shape index (κ2) is 7.24. The summed E-state index contributed by atoms with van der Waals surface area (Å²) in [6.45, 7) is 4.05. The van der Waals surface area contributed by atoms with Crippen LogP contribution < -0.4 is 10.2 Å². The molecule has 27 heavy (non-hydrogen) atoms. The fourth-order valence-electron chi connectivity index (χ4n) is 4.24. The first-order valence-corrected chi connectivity index (χ1v) is 10.0. The second-order valence-corrected chi connectivity index (χ2v) is 7.77. The number of benzene rings is 1. The van der Waals surface area contributed by atoms with Gasteiger partial charge in [0.05, 0.1) is 11.2 Å². The normalized spacial score (nSPS) is 17.0. The first kappa shape index (κ1) is 16.6. The van der Waals surface area contributed by atoms with Gasteiger partial charge in [0, 0.05) is 43.7 Å². The van der Waals surface area contributed by atoms with Crippen LogP contribution in [0.3, 0.4) is 0 Å². The van der Waals surface area contributed by atoms with Gasteiger partial charge in [0.2, 0.25) is 0 Å². The molecule has 1 N–H and O–H groups in total. The summed E-state index contributed by atoms with van der Waals surface area (Å²) in [7, 11) is 0. The summed E-state index contributed by atoms with van der Waals surface area (Å²) >= 11 is 0. The van der Waals surface area contributed by atoms with Gasteiger partial charge in [-0.25, -0.2) is 0 Å². The fraction of sp³-hybridized carbons (Fsp3) is 0.409. The number of hydrogen-bond acceptors (Lipinski definition) is 5. The summed E-state index contributed by atoms with van der Waals surface area (Å²) in [5, 5.41) is 13.8. The molecule has 1 saturated heterocycles. The number of aromatic nitrogens is 3. The Balaban J connectivity index is 1.14. The van der Waals surface area contributed by atoms with E-state index >= 15 is 0 Å². The van der Waals surface area contributed by atoms with Crippen molar-refractivity contribution in [3.05, 3.63) is 59.4 Å². The molecule has 5 heteroatoms. The number of fused-ring (bicyclic) bond motifs is 2. The van der Waals surface area contributed by atoms with Crippen molar-refractivity contribution in [2.24, 2.45) is 5.92 Å². The van der Waals surface area contributed by atoms with Gasteiger partial charge >= 0.3 is 0 Å². The second-order valence-electron chi connectivity index (χ2n) is 7.77. The molecule has 1 fully saturated rings. The van der Waals surface area contributed by atoms with Crippen LogP contribution in [0.5, 0.6) is 0 Å². The van der Waals surface area contributed by atoms with E-state index in [1.807, 2.05) is 12.3 Å². The van der Waals surface area contributed by atoms with E-state index < -0.39 is 0 Å². The van der Waals surface area contributed by atoms with Crippen molar-refractivity contribution < 1.29 is 0 Å². The number of rotatable bonds is 5. The molecule has 5 nitrogen and oxygen atoms in total. The van der Waals surface area contributed by atoms with E-state index in [1.165, 1.54) is 35.0 Å². The molecule has 0 amide bonds. The van der Waals surface area contributed by atoms with Crippen LogP contribution in [-0.2, 0) is 19.4 Å². The van der Waals surface area contributed by atoms with E-state index in [-0.39, 0.29) is 0 Å². The average Bonchev–Trinajstić information content (AvgIpc) is 2.69. The molecular weight excluding hydrogens is 334 g/mol. The Kier molecular flexibility index (Phi) is 4.46. The Morgan fingerprint density at radius 3 is 2.89 bits per heavy atom. The minimum atomic E-state index is 0.677. The lowest BCUT2D eigenvalue weighted by Crippen LogP contribution is -2.51. The molecule has 1 aliphatic heterocycles. The maximum absolute atomic E-state index is 4.46. The summed E-state index contributed by atoms with van der Waals surface area (Å²) in [4.78, 5) is 6.80. The van der Waals surface area contributed by atoms with Crippen LogP contribution >= 0.6 is 0 Å². The third-order valence-corrected chi connectivity index (χ3v) is 5.83. The summed E-state index contributed by atoms with van der Waals surface area (Å²) in [5.41, 5.74) is 5.01. The van der Waals surface area contributed by atoms with Crippen molar-refractivity contribution >= 4 is 16.7 Å². The predicted octanol–water partition coefficient (Wildman–Crippen LogP) is 3.13. The topological polar surface area (TPSA) is 53.9 Å². The summed E-state index contributed by atoms with van der Waals surface area (Å²) in [6, 6.07) is 12.7. The first-order chi connectivity index (χ1) is 13.4. The van der Waals surface area contributed by atoms with E-state index in [2.05, 4.69) is 55.7 Å². The quantitative estimate of drug-likeness (QED) is 0.758. The monoisotopic (exact) mass is 359 g/mol. The molecule has 0 unspecified atom stereocenters. The van der Waals surface area contributed by atoms with Crippen molar-refractivity contribution in [2.45, 2.75) is 32.2 Å². The Hall–Kier alpha value is -2.53. The minimum absolute atomic E-state index is 0.677. The lowest BCUT2D eigenvalue weighted by atomic mass is 9.95. The van der Waals surface area contributed by atoms with E-state index in [1.54, 1.807) is 0 Å². The summed E-state index contributed by atoms with van der Waals surface area (Å²) in [6.07, 6.45) is 6.70. The first-order valence-electron chi connectivity index (χ1n) is 10.0. The maximum atomic E-state index is 4.46. The molecule has 138 valence electrons. The Labute approximate surface area is 159 Å². The molecule has 3 aromatic rings. The molecule has 0 atom stereocenters. The van der Waals surface area contributed by atoms with Crippen LogP contribution in [0.1, 0.15) is 29.7 Å². The molecule has 0 radical (unpaired) electrons. The summed E-state index contributed by atoms with van der Waals surface area (Å²) in [5.74, 6) is 1.74. The SMILES string of the molecule is c1ccc2c(CNCC3CN(c4cc5c(nn4)CCCC5)C3)ccnc2c1. The van der Waals surface area contributed by atoms with Gasteiger partial charge in [-0.05, 0) is 55.0 Å².